The van der Waals surface area contributed by atoms with Crippen LogP contribution in [0.15, 0.2) is 30.3 Å². The Morgan fingerprint density at radius 3 is 2.40 bits per heavy atom. The van der Waals surface area contributed by atoms with Crippen molar-refractivity contribution in [2.45, 2.75) is 45.8 Å². The van der Waals surface area contributed by atoms with Crippen LogP contribution in [0.5, 0.6) is 0 Å². The molecule has 1 aromatic carbocycles. The van der Waals surface area contributed by atoms with Gasteiger partial charge in [0.2, 0.25) is 0 Å². The van der Waals surface area contributed by atoms with E-state index in [0.717, 1.165) is 5.56 Å². The third-order valence-corrected chi connectivity index (χ3v) is 3.27. The first kappa shape index (κ1) is 20.5. The SMILES string of the molecule is CCOC(=O)CCCOC(=O)C(CC)NC(=O)OCc1ccccc1. The van der Waals surface area contributed by atoms with Gasteiger partial charge in [0.15, 0.2) is 0 Å². The molecule has 1 rings (SSSR count). The molecular weight excluding hydrogens is 326 g/mol. The molecule has 1 aromatic rings. The van der Waals surface area contributed by atoms with E-state index in [9.17, 15) is 14.4 Å². The van der Waals surface area contributed by atoms with E-state index < -0.39 is 18.1 Å². The Balaban J connectivity index is 2.28. The Kier molecular flexibility index (Phi) is 9.74. The molecule has 1 atom stereocenters. The maximum absolute atomic E-state index is 11.9. The van der Waals surface area contributed by atoms with Crippen molar-refractivity contribution in [3.05, 3.63) is 35.9 Å². The van der Waals surface area contributed by atoms with Crippen LogP contribution in [-0.2, 0) is 30.4 Å². The maximum atomic E-state index is 11.9. The molecule has 7 heteroatoms. The Bertz CT molecular complexity index is 546. The van der Waals surface area contributed by atoms with Gasteiger partial charge in [0.25, 0.3) is 0 Å². The lowest BCUT2D eigenvalue weighted by Crippen LogP contribution is -2.41. The number of ether oxygens (including phenoxy) is 3. The van der Waals surface area contributed by atoms with Crippen LogP contribution >= 0.6 is 0 Å². The molecule has 0 saturated heterocycles. The van der Waals surface area contributed by atoms with Crippen LogP contribution in [0, 0.1) is 0 Å². The molecule has 0 bridgehead atoms. The first-order valence-corrected chi connectivity index (χ1v) is 8.36. The predicted molar refractivity (Wildman–Crippen MR) is 90.7 cm³/mol. The van der Waals surface area contributed by atoms with Gasteiger partial charge in [-0.1, -0.05) is 37.3 Å². The molecule has 1 N–H and O–H groups in total. The molecule has 0 fully saturated rings. The van der Waals surface area contributed by atoms with Gasteiger partial charge in [-0.3, -0.25) is 4.79 Å². The van der Waals surface area contributed by atoms with Gasteiger partial charge in [-0.25, -0.2) is 9.59 Å². The third-order valence-electron chi connectivity index (χ3n) is 3.27. The summed E-state index contributed by atoms with van der Waals surface area (Å²) in [7, 11) is 0. The van der Waals surface area contributed by atoms with Crippen LogP contribution in [0.25, 0.3) is 0 Å². The highest BCUT2D eigenvalue weighted by atomic mass is 16.6. The van der Waals surface area contributed by atoms with Gasteiger partial charge in [0.1, 0.15) is 12.6 Å². The third kappa shape index (κ3) is 8.74. The summed E-state index contributed by atoms with van der Waals surface area (Å²) < 4.78 is 14.9. The van der Waals surface area contributed by atoms with Crippen molar-refractivity contribution >= 4 is 18.0 Å². The van der Waals surface area contributed by atoms with Crippen molar-refractivity contribution in [3.8, 4) is 0 Å². The number of amides is 1. The molecule has 138 valence electrons. The summed E-state index contributed by atoms with van der Waals surface area (Å²) in [4.78, 5) is 34.9. The number of rotatable bonds is 10. The Morgan fingerprint density at radius 2 is 1.76 bits per heavy atom. The predicted octanol–water partition coefficient (Wildman–Crippen LogP) is 2.58. The van der Waals surface area contributed by atoms with Crippen LogP contribution in [0.2, 0.25) is 0 Å². The van der Waals surface area contributed by atoms with Crippen molar-refractivity contribution in [1.82, 2.24) is 5.32 Å². The van der Waals surface area contributed by atoms with E-state index in [-0.39, 0.29) is 25.6 Å². The van der Waals surface area contributed by atoms with E-state index >= 15 is 0 Å². The number of benzene rings is 1. The lowest BCUT2D eigenvalue weighted by Gasteiger charge is -2.16. The highest BCUT2D eigenvalue weighted by Gasteiger charge is 2.21. The van der Waals surface area contributed by atoms with Gasteiger partial charge < -0.3 is 19.5 Å². The van der Waals surface area contributed by atoms with Crippen LogP contribution in [0.4, 0.5) is 4.79 Å². The fourth-order valence-electron chi connectivity index (χ4n) is 1.96. The van der Waals surface area contributed by atoms with Crippen LogP contribution in [0.1, 0.15) is 38.7 Å². The number of hydrogen-bond acceptors (Lipinski definition) is 6. The number of alkyl carbamates (subject to hydrolysis) is 1. The Hall–Kier alpha value is -2.57. The average molecular weight is 351 g/mol. The number of esters is 2. The topological polar surface area (TPSA) is 90.9 Å². The fraction of sp³-hybridized carbons (Fsp3) is 0.500. The number of carbonyl (C=O) groups excluding carboxylic acids is 3. The zero-order chi connectivity index (χ0) is 18.5. The van der Waals surface area contributed by atoms with Crippen LogP contribution in [-0.4, -0.2) is 37.3 Å². The lowest BCUT2D eigenvalue weighted by molar-refractivity contribution is -0.148. The summed E-state index contributed by atoms with van der Waals surface area (Å²) in [6.07, 6.45) is 0.250. The van der Waals surface area contributed by atoms with E-state index in [2.05, 4.69) is 5.32 Å². The number of carbonyl (C=O) groups is 3. The lowest BCUT2D eigenvalue weighted by atomic mass is 10.2. The van der Waals surface area contributed by atoms with Gasteiger partial charge in [0, 0.05) is 6.42 Å². The fourth-order valence-corrected chi connectivity index (χ4v) is 1.96. The first-order chi connectivity index (χ1) is 12.1. The van der Waals surface area contributed by atoms with Gasteiger partial charge in [0.05, 0.1) is 13.2 Å². The van der Waals surface area contributed by atoms with Gasteiger partial charge in [-0.15, -0.1) is 0 Å². The van der Waals surface area contributed by atoms with Crippen molar-refractivity contribution < 1.29 is 28.6 Å². The van der Waals surface area contributed by atoms with Crippen molar-refractivity contribution in [3.63, 3.8) is 0 Å². The molecule has 7 nitrogen and oxygen atoms in total. The average Bonchev–Trinajstić information content (AvgIpc) is 2.62. The van der Waals surface area contributed by atoms with E-state index in [1.54, 1.807) is 13.8 Å². The normalized spacial score (nSPS) is 11.3. The molecule has 1 amide bonds. The maximum Gasteiger partial charge on any atom is 0.408 e. The molecule has 0 radical (unpaired) electrons. The van der Waals surface area contributed by atoms with Crippen LogP contribution < -0.4 is 5.32 Å². The molecular formula is C18H25NO6. The molecule has 0 aromatic heterocycles. The Morgan fingerprint density at radius 1 is 1.04 bits per heavy atom. The second-order valence-electron chi connectivity index (χ2n) is 5.24. The second kappa shape index (κ2) is 11.9. The standard InChI is InChI=1S/C18H25NO6/c1-3-15(17(21)24-12-8-11-16(20)23-4-2)19-18(22)25-13-14-9-6-5-7-10-14/h5-7,9-10,15H,3-4,8,11-13H2,1-2H3,(H,19,22). The van der Waals surface area contributed by atoms with Crippen molar-refractivity contribution in [2.75, 3.05) is 13.2 Å². The minimum Gasteiger partial charge on any atom is -0.466 e. The highest BCUT2D eigenvalue weighted by Crippen LogP contribution is 2.03. The van der Waals surface area contributed by atoms with Crippen molar-refractivity contribution in [2.24, 2.45) is 0 Å². The molecule has 1 unspecified atom stereocenters. The summed E-state index contributed by atoms with van der Waals surface area (Å²) in [5.74, 6) is -0.878. The Labute approximate surface area is 147 Å². The highest BCUT2D eigenvalue weighted by molar-refractivity contribution is 5.81. The summed E-state index contributed by atoms with van der Waals surface area (Å²) in [5.41, 5.74) is 0.854. The van der Waals surface area contributed by atoms with E-state index in [0.29, 0.717) is 19.4 Å². The molecule has 0 aliphatic heterocycles. The minimum atomic E-state index is -0.786. The van der Waals surface area contributed by atoms with Gasteiger partial charge in [-0.05, 0) is 25.3 Å². The van der Waals surface area contributed by atoms with Crippen molar-refractivity contribution in [1.29, 1.82) is 0 Å². The molecule has 0 heterocycles. The largest absolute Gasteiger partial charge is 0.466 e. The smallest absolute Gasteiger partial charge is 0.408 e. The van der Waals surface area contributed by atoms with Gasteiger partial charge in [-0.2, -0.15) is 0 Å². The summed E-state index contributed by atoms with van der Waals surface area (Å²) in [6, 6.07) is 8.45. The molecule has 0 spiro atoms. The monoisotopic (exact) mass is 351 g/mol. The van der Waals surface area contributed by atoms with E-state index in [1.165, 1.54) is 0 Å². The molecule has 25 heavy (non-hydrogen) atoms. The van der Waals surface area contributed by atoms with E-state index in [1.807, 2.05) is 30.3 Å². The first-order valence-electron chi connectivity index (χ1n) is 8.36. The van der Waals surface area contributed by atoms with Crippen LogP contribution in [0.3, 0.4) is 0 Å². The van der Waals surface area contributed by atoms with Gasteiger partial charge >= 0.3 is 18.0 Å². The zero-order valence-electron chi connectivity index (χ0n) is 14.7. The molecule has 0 saturated carbocycles. The second-order valence-corrected chi connectivity index (χ2v) is 5.24. The summed E-state index contributed by atoms with van der Waals surface area (Å²) in [5, 5.41) is 2.48. The molecule has 0 aliphatic rings. The quantitative estimate of drug-likeness (QED) is 0.396. The number of hydrogen-bond donors (Lipinski definition) is 1. The van der Waals surface area contributed by atoms with E-state index in [4.69, 9.17) is 14.2 Å². The number of nitrogens with one attached hydrogen (secondary N) is 1. The molecule has 0 aliphatic carbocycles. The summed E-state index contributed by atoms with van der Waals surface area (Å²) in [6.45, 7) is 4.02. The summed E-state index contributed by atoms with van der Waals surface area (Å²) >= 11 is 0. The minimum absolute atomic E-state index is 0.0922. The zero-order valence-corrected chi connectivity index (χ0v) is 14.7.